The Hall–Kier alpha value is -3.09. The van der Waals surface area contributed by atoms with Crippen LogP contribution in [0.1, 0.15) is 10.4 Å². The van der Waals surface area contributed by atoms with Gasteiger partial charge in [-0.3, -0.25) is 19.5 Å². The minimum atomic E-state index is -0.618. The molecule has 0 fully saturated rings. The Morgan fingerprint density at radius 1 is 1.19 bits per heavy atom. The van der Waals surface area contributed by atoms with Gasteiger partial charge in [0.05, 0.1) is 5.69 Å². The van der Waals surface area contributed by atoms with Gasteiger partial charge in [0.25, 0.3) is 17.0 Å². The lowest BCUT2D eigenvalue weighted by Gasteiger charge is -2.03. The topological polar surface area (TPSA) is 99.2 Å². The number of carbonyl (C=O) groups excluding carboxylic acids is 1. The first-order valence-corrected chi connectivity index (χ1v) is 6.27. The van der Waals surface area contributed by atoms with Crippen LogP contribution < -0.4 is 16.4 Å². The Kier molecular flexibility index (Phi) is 2.94. The monoisotopic (exact) mass is 284 g/mol. The molecule has 0 unspecified atom stereocenters. The van der Waals surface area contributed by atoms with Crippen LogP contribution in [-0.4, -0.2) is 27.6 Å². The van der Waals surface area contributed by atoms with E-state index < -0.39 is 17.0 Å². The van der Waals surface area contributed by atoms with E-state index in [-0.39, 0.29) is 11.2 Å². The van der Waals surface area contributed by atoms with Gasteiger partial charge in [-0.2, -0.15) is 4.52 Å². The zero-order chi connectivity index (χ0) is 15.0. The summed E-state index contributed by atoms with van der Waals surface area (Å²) < 4.78 is 1.03. The number of hydrogen-bond donors (Lipinski definition) is 3. The first kappa shape index (κ1) is 12.9. The van der Waals surface area contributed by atoms with E-state index in [1.54, 1.807) is 0 Å². The van der Waals surface area contributed by atoms with Crippen molar-refractivity contribution in [3.05, 3.63) is 62.7 Å². The van der Waals surface area contributed by atoms with Gasteiger partial charge in [0, 0.05) is 13.1 Å². The van der Waals surface area contributed by atoms with Crippen LogP contribution in [0.2, 0.25) is 0 Å². The third-order valence-corrected chi connectivity index (χ3v) is 3.18. The zero-order valence-electron chi connectivity index (χ0n) is 11.1. The van der Waals surface area contributed by atoms with E-state index in [4.69, 9.17) is 0 Å². The quantitative estimate of drug-likeness (QED) is 0.633. The maximum Gasteiger partial charge on any atom is 0.279 e. The molecule has 7 nitrogen and oxygen atoms in total. The maximum atomic E-state index is 12.1. The molecular weight excluding hydrogens is 272 g/mol. The van der Waals surface area contributed by atoms with Gasteiger partial charge in [-0.05, 0) is 5.56 Å². The summed E-state index contributed by atoms with van der Waals surface area (Å²) in [6, 6.07) is 10.5. The lowest BCUT2D eigenvalue weighted by Crippen LogP contribution is -2.24. The number of rotatable bonds is 2. The molecule has 0 bridgehead atoms. The molecule has 0 atom stereocenters. The van der Waals surface area contributed by atoms with Crippen molar-refractivity contribution in [1.29, 1.82) is 0 Å². The van der Waals surface area contributed by atoms with Crippen molar-refractivity contribution in [2.45, 2.75) is 0 Å². The van der Waals surface area contributed by atoms with Crippen molar-refractivity contribution in [1.82, 2.24) is 19.9 Å². The number of fused-ring (bicyclic) bond motifs is 1. The average Bonchev–Trinajstić information content (AvgIpc) is 2.84. The van der Waals surface area contributed by atoms with Gasteiger partial charge in [-0.25, -0.2) is 0 Å². The number of aromatic amines is 2. The maximum absolute atomic E-state index is 12.1. The lowest BCUT2D eigenvalue weighted by molar-refractivity contribution is 0.0963. The molecule has 3 N–H and O–H groups in total. The highest BCUT2D eigenvalue weighted by Gasteiger charge is 2.18. The van der Waals surface area contributed by atoms with E-state index in [1.165, 1.54) is 13.1 Å². The van der Waals surface area contributed by atoms with E-state index in [9.17, 15) is 14.4 Å². The molecule has 21 heavy (non-hydrogen) atoms. The number of hydrogen-bond acceptors (Lipinski definition) is 3. The predicted octanol–water partition coefficient (Wildman–Crippen LogP) is 0.343. The highest BCUT2D eigenvalue weighted by molar-refractivity contribution is 5.99. The number of aromatic nitrogens is 3. The van der Waals surface area contributed by atoms with Gasteiger partial charge in [0.2, 0.25) is 0 Å². The van der Waals surface area contributed by atoms with Gasteiger partial charge < -0.3 is 10.3 Å². The second-order valence-corrected chi connectivity index (χ2v) is 4.47. The molecule has 0 radical (unpaired) electrons. The molecule has 2 aromatic heterocycles. The van der Waals surface area contributed by atoms with E-state index >= 15 is 0 Å². The lowest BCUT2D eigenvalue weighted by atomic mass is 10.1. The van der Waals surface area contributed by atoms with Crippen molar-refractivity contribution in [3.8, 4) is 11.3 Å². The standard InChI is InChI=1S/C14H12N4O3/c1-15-13(20)11-12-16-9(8-5-3-2-4-6-8)7-10(19)18(12)17-14(11)21/h2-7,16H,1H3,(H,15,20)(H,17,21). The fourth-order valence-electron chi connectivity index (χ4n) is 2.18. The van der Waals surface area contributed by atoms with Gasteiger partial charge in [0.15, 0.2) is 5.65 Å². The van der Waals surface area contributed by atoms with Crippen molar-refractivity contribution in [3.63, 3.8) is 0 Å². The van der Waals surface area contributed by atoms with Crippen LogP contribution in [0.4, 0.5) is 0 Å². The van der Waals surface area contributed by atoms with Crippen LogP contribution in [-0.2, 0) is 0 Å². The Morgan fingerprint density at radius 3 is 2.57 bits per heavy atom. The molecule has 3 rings (SSSR count). The average molecular weight is 284 g/mol. The number of amides is 1. The number of carbonyl (C=O) groups is 1. The molecule has 7 heteroatoms. The first-order valence-electron chi connectivity index (χ1n) is 6.27. The summed E-state index contributed by atoms with van der Waals surface area (Å²) in [4.78, 5) is 38.7. The molecule has 0 aliphatic rings. The van der Waals surface area contributed by atoms with Gasteiger partial charge in [0.1, 0.15) is 5.56 Å². The Morgan fingerprint density at radius 2 is 1.90 bits per heavy atom. The summed E-state index contributed by atoms with van der Waals surface area (Å²) in [7, 11) is 1.42. The van der Waals surface area contributed by atoms with Gasteiger partial charge in [-0.1, -0.05) is 30.3 Å². The zero-order valence-corrected chi connectivity index (χ0v) is 11.1. The third-order valence-electron chi connectivity index (χ3n) is 3.18. The van der Waals surface area contributed by atoms with Crippen molar-refractivity contribution in [2.24, 2.45) is 0 Å². The largest absolute Gasteiger partial charge is 0.355 e. The summed E-state index contributed by atoms with van der Waals surface area (Å²) in [6.45, 7) is 0. The molecule has 0 aliphatic carbocycles. The van der Waals surface area contributed by atoms with E-state index in [1.807, 2.05) is 30.3 Å². The fraction of sp³-hybridized carbons (Fsp3) is 0.0714. The summed E-state index contributed by atoms with van der Waals surface area (Å²) in [6.07, 6.45) is 0. The third kappa shape index (κ3) is 2.04. The van der Waals surface area contributed by atoms with Crippen LogP contribution in [0, 0.1) is 0 Å². The summed E-state index contributed by atoms with van der Waals surface area (Å²) >= 11 is 0. The summed E-state index contributed by atoms with van der Waals surface area (Å²) in [5.74, 6) is -0.556. The Labute approximate surface area is 118 Å². The molecule has 1 aromatic carbocycles. The van der Waals surface area contributed by atoms with Crippen LogP contribution in [0.25, 0.3) is 16.9 Å². The van der Waals surface area contributed by atoms with Crippen molar-refractivity contribution < 1.29 is 4.79 Å². The SMILES string of the molecule is CNC(=O)c1c(=O)[nH]n2c(=O)cc(-c3ccccc3)[nH]c12. The molecule has 0 spiro atoms. The molecule has 0 aliphatic heterocycles. The summed E-state index contributed by atoms with van der Waals surface area (Å²) in [5.41, 5.74) is 0.305. The normalized spacial score (nSPS) is 10.7. The van der Waals surface area contributed by atoms with Crippen LogP contribution in [0.15, 0.2) is 46.0 Å². The number of H-pyrrole nitrogens is 2. The molecule has 0 saturated heterocycles. The molecule has 1 amide bonds. The van der Waals surface area contributed by atoms with Crippen LogP contribution in [0.3, 0.4) is 0 Å². The predicted molar refractivity (Wildman–Crippen MR) is 77.5 cm³/mol. The molecular formula is C14H12N4O3. The number of nitrogens with one attached hydrogen (secondary N) is 3. The smallest absolute Gasteiger partial charge is 0.279 e. The second kappa shape index (κ2) is 4.78. The van der Waals surface area contributed by atoms with Crippen LogP contribution in [0.5, 0.6) is 0 Å². The summed E-state index contributed by atoms with van der Waals surface area (Å²) in [5, 5.41) is 4.73. The number of benzene rings is 1. The molecule has 106 valence electrons. The minimum Gasteiger partial charge on any atom is -0.355 e. The van der Waals surface area contributed by atoms with E-state index in [0.717, 1.165) is 10.1 Å². The van der Waals surface area contributed by atoms with Gasteiger partial charge >= 0.3 is 0 Å². The van der Waals surface area contributed by atoms with E-state index in [0.29, 0.717) is 5.69 Å². The van der Waals surface area contributed by atoms with Crippen molar-refractivity contribution >= 4 is 11.6 Å². The number of nitrogens with zero attached hydrogens (tertiary/aromatic N) is 1. The molecule has 0 saturated carbocycles. The first-order chi connectivity index (χ1) is 10.1. The second-order valence-electron chi connectivity index (χ2n) is 4.47. The van der Waals surface area contributed by atoms with Gasteiger partial charge in [-0.15, -0.1) is 0 Å². The highest BCUT2D eigenvalue weighted by atomic mass is 16.2. The minimum absolute atomic E-state index is 0.118. The fourth-order valence-corrected chi connectivity index (χ4v) is 2.18. The Balaban J connectivity index is 2.35. The van der Waals surface area contributed by atoms with E-state index in [2.05, 4.69) is 15.4 Å². The van der Waals surface area contributed by atoms with Crippen LogP contribution >= 0.6 is 0 Å². The Bertz CT molecular complexity index is 934. The van der Waals surface area contributed by atoms with Crippen molar-refractivity contribution in [2.75, 3.05) is 7.05 Å². The molecule has 3 aromatic rings. The highest BCUT2D eigenvalue weighted by Crippen LogP contribution is 2.15. The molecule has 2 heterocycles.